The molecule has 0 atom stereocenters. The minimum Gasteiger partial charge on any atom is -0.307 e. The number of rotatable bonds is 3. The second kappa shape index (κ2) is 4.96. The summed E-state index contributed by atoms with van der Waals surface area (Å²) in [5, 5.41) is 3.52. The van der Waals surface area contributed by atoms with Gasteiger partial charge in [-0.25, -0.2) is 4.39 Å². The first-order chi connectivity index (χ1) is 7.70. The van der Waals surface area contributed by atoms with E-state index in [0.717, 1.165) is 5.56 Å². The molecule has 0 aromatic heterocycles. The Hall–Kier alpha value is -0.890. The van der Waals surface area contributed by atoms with Crippen molar-refractivity contribution in [3.8, 4) is 0 Å². The van der Waals surface area contributed by atoms with Crippen LogP contribution in [0.15, 0.2) is 24.3 Å². The fourth-order valence-electron chi connectivity index (χ4n) is 2.46. The molecule has 1 aromatic rings. The van der Waals surface area contributed by atoms with E-state index in [1.807, 2.05) is 12.1 Å². The van der Waals surface area contributed by atoms with Crippen molar-refractivity contribution in [3.05, 3.63) is 35.6 Å². The standard InChI is InChI=1S/C14H20FN/c1-14(9-5-2-6-10-14)16-11-12-7-3-4-8-13(12)15/h3-4,7-8,16H,2,5-6,9-11H2,1H3. The summed E-state index contributed by atoms with van der Waals surface area (Å²) in [5.41, 5.74) is 0.981. The molecule has 2 rings (SSSR count). The molecule has 0 heterocycles. The van der Waals surface area contributed by atoms with Gasteiger partial charge in [-0.15, -0.1) is 0 Å². The SMILES string of the molecule is CC1(NCc2ccccc2F)CCCCC1. The summed E-state index contributed by atoms with van der Waals surface area (Å²) in [6, 6.07) is 7.01. The lowest BCUT2D eigenvalue weighted by molar-refractivity contribution is 0.251. The van der Waals surface area contributed by atoms with E-state index in [4.69, 9.17) is 0 Å². The lowest BCUT2D eigenvalue weighted by atomic mass is 9.83. The Morgan fingerprint density at radius 3 is 2.56 bits per heavy atom. The molecule has 0 aliphatic heterocycles. The Morgan fingerprint density at radius 1 is 1.19 bits per heavy atom. The topological polar surface area (TPSA) is 12.0 Å². The minimum atomic E-state index is -0.102. The van der Waals surface area contributed by atoms with Crippen molar-refractivity contribution in [2.75, 3.05) is 0 Å². The summed E-state index contributed by atoms with van der Waals surface area (Å²) >= 11 is 0. The Kier molecular flexibility index (Phi) is 3.59. The van der Waals surface area contributed by atoms with Crippen molar-refractivity contribution < 1.29 is 4.39 Å². The summed E-state index contributed by atoms with van der Waals surface area (Å²) in [7, 11) is 0. The van der Waals surface area contributed by atoms with Crippen molar-refractivity contribution in [2.24, 2.45) is 0 Å². The van der Waals surface area contributed by atoms with Crippen LogP contribution in [0.2, 0.25) is 0 Å². The average molecular weight is 221 g/mol. The molecule has 0 amide bonds. The maximum Gasteiger partial charge on any atom is 0.127 e. The molecule has 88 valence electrons. The van der Waals surface area contributed by atoms with Gasteiger partial charge in [-0.2, -0.15) is 0 Å². The van der Waals surface area contributed by atoms with Crippen LogP contribution in [0.5, 0.6) is 0 Å². The van der Waals surface area contributed by atoms with Gasteiger partial charge in [-0.1, -0.05) is 37.5 Å². The van der Waals surface area contributed by atoms with Gasteiger partial charge in [-0.3, -0.25) is 0 Å². The summed E-state index contributed by atoms with van der Waals surface area (Å²) in [5.74, 6) is -0.102. The van der Waals surface area contributed by atoms with E-state index in [-0.39, 0.29) is 11.4 Å². The van der Waals surface area contributed by atoms with Crippen molar-refractivity contribution in [2.45, 2.75) is 51.1 Å². The smallest absolute Gasteiger partial charge is 0.127 e. The van der Waals surface area contributed by atoms with Crippen LogP contribution in [0, 0.1) is 5.82 Å². The summed E-state index contributed by atoms with van der Waals surface area (Å²) in [6.07, 6.45) is 6.35. The van der Waals surface area contributed by atoms with Gasteiger partial charge in [0.25, 0.3) is 0 Å². The number of nitrogens with one attached hydrogen (secondary N) is 1. The zero-order chi connectivity index (χ0) is 11.4. The molecule has 0 unspecified atom stereocenters. The maximum absolute atomic E-state index is 13.4. The van der Waals surface area contributed by atoms with Gasteiger partial charge < -0.3 is 5.32 Å². The zero-order valence-corrected chi connectivity index (χ0v) is 9.93. The predicted octanol–water partition coefficient (Wildman–Crippen LogP) is 3.64. The number of hydrogen-bond donors (Lipinski definition) is 1. The van der Waals surface area contributed by atoms with E-state index in [2.05, 4.69) is 12.2 Å². The molecule has 0 radical (unpaired) electrons. The molecule has 0 spiro atoms. The van der Waals surface area contributed by atoms with Gasteiger partial charge in [0.1, 0.15) is 5.82 Å². The van der Waals surface area contributed by atoms with Gasteiger partial charge in [-0.05, 0) is 25.8 Å². The molecular weight excluding hydrogens is 201 g/mol. The Morgan fingerprint density at radius 2 is 1.88 bits per heavy atom. The summed E-state index contributed by atoms with van der Waals surface area (Å²) in [4.78, 5) is 0. The molecule has 0 saturated heterocycles. The van der Waals surface area contributed by atoms with Crippen LogP contribution in [0.1, 0.15) is 44.6 Å². The van der Waals surface area contributed by atoms with Crippen LogP contribution in [-0.2, 0) is 6.54 Å². The maximum atomic E-state index is 13.4. The molecule has 2 heteroatoms. The van der Waals surface area contributed by atoms with E-state index in [1.165, 1.54) is 38.2 Å². The first-order valence-corrected chi connectivity index (χ1v) is 6.18. The van der Waals surface area contributed by atoms with Crippen LogP contribution >= 0.6 is 0 Å². The van der Waals surface area contributed by atoms with Gasteiger partial charge in [0.05, 0.1) is 0 Å². The summed E-state index contributed by atoms with van der Waals surface area (Å²) < 4.78 is 13.4. The zero-order valence-electron chi connectivity index (χ0n) is 9.93. The highest BCUT2D eigenvalue weighted by Crippen LogP contribution is 2.27. The quantitative estimate of drug-likeness (QED) is 0.821. The molecule has 1 aliphatic rings. The van der Waals surface area contributed by atoms with Gasteiger partial charge >= 0.3 is 0 Å². The molecule has 1 fully saturated rings. The molecule has 1 saturated carbocycles. The van der Waals surface area contributed by atoms with E-state index in [0.29, 0.717) is 6.54 Å². The molecule has 16 heavy (non-hydrogen) atoms. The van der Waals surface area contributed by atoms with Crippen molar-refractivity contribution >= 4 is 0 Å². The van der Waals surface area contributed by atoms with Crippen LogP contribution in [0.25, 0.3) is 0 Å². The Bertz CT molecular complexity index is 342. The highest BCUT2D eigenvalue weighted by atomic mass is 19.1. The minimum absolute atomic E-state index is 0.102. The van der Waals surface area contributed by atoms with Crippen molar-refractivity contribution in [1.29, 1.82) is 0 Å². The number of halogens is 1. The highest BCUT2D eigenvalue weighted by Gasteiger charge is 2.25. The largest absolute Gasteiger partial charge is 0.307 e. The number of hydrogen-bond acceptors (Lipinski definition) is 1. The molecule has 1 nitrogen and oxygen atoms in total. The lowest BCUT2D eigenvalue weighted by Crippen LogP contribution is -2.43. The normalized spacial score (nSPS) is 19.6. The van der Waals surface area contributed by atoms with Crippen LogP contribution in [-0.4, -0.2) is 5.54 Å². The molecule has 1 aliphatic carbocycles. The van der Waals surface area contributed by atoms with Crippen molar-refractivity contribution in [1.82, 2.24) is 5.32 Å². The first kappa shape index (κ1) is 11.6. The molecular formula is C14H20FN. The van der Waals surface area contributed by atoms with Crippen LogP contribution in [0.4, 0.5) is 4.39 Å². The molecule has 1 N–H and O–H groups in total. The van der Waals surface area contributed by atoms with Crippen molar-refractivity contribution in [3.63, 3.8) is 0 Å². The lowest BCUT2D eigenvalue weighted by Gasteiger charge is -2.34. The predicted molar refractivity (Wildman–Crippen MR) is 64.7 cm³/mol. The van der Waals surface area contributed by atoms with Gasteiger partial charge in [0.2, 0.25) is 0 Å². The third-order valence-corrected chi connectivity index (χ3v) is 3.62. The van der Waals surface area contributed by atoms with Gasteiger partial charge in [0, 0.05) is 17.6 Å². The van der Waals surface area contributed by atoms with E-state index in [9.17, 15) is 4.39 Å². The molecule has 1 aromatic carbocycles. The monoisotopic (exact) mass is 221 g/mol. The van der Waals surface area contributed by atoms with E-state index >= 15 is 0 Å². The van der Waals surface area contributed by atoms with E-state index < -0.39 is 0 Å². The Balaban J connectivity index is 1.94. The highest BCUT2D eigenvalue weighted by molar-refractivity contribution is 5.17. The summed E-state index contributed by atoms with van der Waals surface area (Å²) in [6.45, 7) is 2.90. The van der Waals surface area contributed by atoms with E-state index in [1.54, 1.807) is 6.07 Å². The fraction of sp³-hybridized carbons (Fsp3) is 0.571. The van der Waals surface area contributed by atoms with Gasteiger partial charge in [0.15, 0.2) is 0 Å². The third-order valence-electron chi connectivity index (χ3n) is 3.62. The fourth-order valence-corrected chi connectivity index (χ4v) is 2.46. The molecule has 0 bridgehead atoms. The van der Waals surface area contributed by atoms with Crippen LogP contribution < -0.4 is 5.32 Å². The first-order valence-electron chi connectivity index (χ1n) is 6.18. The second-order valence-corrected chi connectivity index (χ2v) is 5.07. The van der Waals surface area contributed by atoms with Crippen LogP contribution in [0.3, 0.4) is 0 Å². The second-order valence-electron chi connectivity index (χ2n) is 5.07. The third kappa shape index (κ3) is 2.82. The number of benzene rings is 1. The average Bonchev–Trinajstić information content (AvgIpc) is 2.29. The Labute approximate surface area is 97.1 Å².